The second-order valence-corrected chi connectivity index (χ2v) is 9.12. The first-order valence-corrected chi connectivity index (χ1v) is 11.8. The van der Waals surface area contributed by atoms with Crippen LogP contribution in [0.1, 0.15) is 35.3 Å². The number of hydrogen-bond donors (Lipinski definition) is 0. The van der Waals surface area contributed by atoms with Gasteiger partial charge in [-0.15, -0.1) is 0 Å². The second-order valence-electron chi connectivity index (χ2n) is 9.12. The lowest BCUT2D eigenvalue weighted by atomic mass is 9.84. The van der Waals surface area contributed by atoms with E-state index in [-0.39, 0.29) is 23.7 Å². The Morgan fingerprint density at radius 2 is 1.69 bits per heavy atom. The highest BCUT2D eigenvalue weighted by atomic mass is 19.4. The molecule has 0 N–H and O–H groups in total. The molecule has 1 aromatic heterocycles. The van der Waals surface area contributed by atoms with Gasteiger partial charge in [-0.3, -0.25) is 0 Å². The molecule has 2 amide bonds. The predicted octanol–water partition coefficient (Wildman–Crippen LogP) is 5.52. The maximum atomic E-state index is 13.7. The number of carbonyl (C=O) groups excluding carboxylic acids is 1. The summed E-state index contributed by atoms with van der Waals surface area (Å²) in [5.74, 6) is -0.469. The molecule has 10 heteroatoms. The summed E-state index contributed by atoms with van der Waals surface area (Å²) in [6, 6.07) is 11.0. The molecule has 190 valence electrons. The number of ether oxygens (including phenoxy) is 1. The van der Waals surface area contributed by atoms with Crippen molar-refractivity contribution in [3.8, 4) is 11.3 Å². The second kappa shape index (κ2) is 9.93. The monoisotopic (exact) mass is 503 g/mol. The van der Waals surface area contributed by atoms with E-state index >= 15 is 0 Å². The summed E-state index contributed by atoms with van der Waals surface area (Å²) in [5, 5.41) is 0. The van der Waals surface area contributed by atoms with Crippen LogP contribution in [-0.4, -0.2) is 60.2 Å². The van der Waals surface area contributed by atoms with Gasteiger partial charge in [0.05, 0.1) is 24.7 Å². The van der Waals surface area contributed by atoms with Crippen molar-refractivity contribution < 1.29 is 31.5 Å². The summed E-state index contributed by atoms with van der Waals surface area (Å²) in [6.07, 6.45) is -2.42. The lowest BCUT2D eigenvalue weighted by Crippen LogP contribution is -2.52. The van der Waals surface area contributed by atoms with Gasteiger partial charge in [0.25, 0.3) is 0 Å². The van der Waals surface area contributed by atoms with Gasteiger partial charge >= 0.3 is 12.2 Å². The van der Waals surface area contributed by atoms with Crippen molar-refractivity contribution in [3.63, 3.8) is 0 Å². The Morgan fingerprint density at radius 1 is 0.972 bits per heavy atom. The van der Waals surface area contributed by atoms with E-state index in [4.69, 9.17) is 9.15 Å². The Morgan fingerprint density at radius 3 is 2.39 bits per heavy atom. The molecule has 2 aromatic carbocycles. The Hall–Kier alpha value is -3.40. The third-order valence-electron chi connectivity index (χ3n) is 6.70. The molecule has 0 spiro atoms. The topological polar surface area (TPSA) is 58.8 Å². The third kappa shape index (κ3) is 5.23. The highest BCUT2D eigenvalue weighted by Gasteiger charge is 2.37. The Kier molecular flexibility index (Phi) is 6.70. The van der Waals surface area contributed by atoms with E-state index in [0.29, 0.717) is 68.5 Å². The van der Waals surface area contributed by atoms with Crippen molar-refractivity contribution >= 4 is 6.03 Å². The fourth-order valence-corrected chi connectivity index (χ4v) is 4.83. The Labute approximate surface area is 205 Å². The summed E-state index contributed by atoms with van der Waals surface area (Å²) >= 11 is 0. The molecular formula is C26H25F4N3O3. The summed E-state index contributed by atoms with van der Waals surface area (Å²) in [5.41, 5.74) is 1.05. The highest BCUT2D eigenvalue weighted by Crippen LogP contribution is 2.38. The molecule has 2 unspecified atom stereocenters. The molecule has 2 fully saturated rings. The minimum absolute atomic E-state index is 0.142. The molecule has 6 nitrogen and oxygen atoms in total. The number of alkyl halides is 3. The number of morpholine rings is 1. The number of urea groups is 1. The van der Waals surface area contributed by atoms with Gasteiger partial charge in [-0.25, -0.2) is 14.2 Å². The van der Waals surface area contributed by atoms with E-state index in [1.54, 1.807) is 21.9 Å². The first-order chi connectivity index (χ1) is 17.3. The van der Waals surface area contributed by atoms with Crippen molar-refractivity contribution in [1.29, 1.82) is 0 Å². The minimum atomic E-state index is -4.42. The molecule has 2 aliphatic heterocycles. The number of rotatable bonds is 3. The number of aromatic nitrogens is 1. The molecule has 0 bridgehead atoms. The molecule has 3 heterocycles. The summed E-state index contributed by atoms with van der Waals surface area (Å²) in [7, 11) is 0. The molecule has 2 aliphatic rings. The van der Waals surface area contributed by atoms with Gasteiger partial charge in [-0.1, -0.05) is 24.3 Å². The van der Waals surface area contributed by atoms with Gasteiger partial charge in [0.1, 0.15) is 17.8 Å². The first kappa shape index (κ1) is 24.3. The number of piperidine rings is 1. The Balaban J connectivity index is 1.42. The van der Waals surface area contributed by atoms with Crippen LogP contribution in [0.4, 0.5) is 22.4 Å². The zero-order valence-corrected chi connectivity index (χ0v) is 19.4. The van der Waals surface area contributed by atoms with Crippen LogP contribution in [0.2, 0.25) is 0 Å². The number of benzene rings is 2. The molecule has 3 aromatic rings. The quantitative estimate of drug-likeness (QED) is 0.442. The molecular weight excluding hydrogens is 478 g/mol. The Bertz CT molecular complexity index is 1210. The van der Waals surface area contributed by atoms with Crippen LogP contribution >= 0.6 is 0 Å². The maximum Gasteiger partial charge on any atom is 0.416 e. The van der Waals surface area contributed by atoms with Crippen LogP contribution in [0.15, 0.2) is 59.2 Å². The van der Waals surface area contributed by atoms with Gasteiger partial charge < -0.3 is 19.0 Å². The van der Waals surface area contributed by atoms with Crippen molar-refractivity contribution in [2.75, 3.05) is 39.4 Å². The van der Waals surface area contributed by atoms with Crippen LogP contribution in [0.3, 0.4) is 0 Å². The van der Waals surface area contributed by atoms with Crippen LogP contribution < -0.4 is 0 Å². The fraction of sp³-hybridized carbons (Fsp3) is 0.385. The number of halogens is 4. The largest absolute Gasteiger partial charge is 0.448 e. The summed E-state index contributed by atoms with van der Waals surface area (Å²) in [6.45, 7) is 2.61. The smallest absolute Gasteiger partial charge is 0.416 e. The van der Waals surface area contributed by atoms with E-state index in [9.17, 15) is 22.4 Å². The van der Waals surface area contributed by atoms with Crippen molar-refractivity contribution in [3.05, 3.63) is 77.6 Å². The van der Waals surface area contributed by atoms with Crippen LogP contribution in [-0.2, 0) is 10.9 Å². The molecule has 0 radical (unpaired) electrons. The molecule has 0 aliphatic carbocycles. The molecule has 36 heavy (non-hydrogen) atoms. The van der Waals surface area contributed by atoms with Gasteiger partial charge in [-0.2, -0.15) is 13.2 Å². The molecule has 2 atom stereocenters. The zero-order valence-electron chi connectivity index (χ0n) is 19.4. The lowest BCUT2D eigenvalue weighted by Gasteiger charge is -2.40. The number of oxazole rings is 1. The number of likely N-dealkylation sites (tertiary alicyclic amines) is 1. The van der Waals surface area contributed by atoms with E-state index in [1.165, 1.54) is 30.5 Å². The fourth-order valence-electron chi connectivity index (χ4n) is 4.83. The lowest BCUT2D eigenvalue weighted by molar-refractivity contribution is -0.137. The van der Waals surface area contributed by atoms with E-state index in [2.05, 4.69) is 4.98 Å². The molecule has 5 rings (SSSR count). The van der Waals surface area contributed by atoms with Crippen LogP contribution in [0.5, 0.6) is 0 Å². The van der Waals surface area contributed by atoms with E-state index in [0.717, 1.165) is 12.1 Å². The third-order valence-corrected chi connectivity index (χ3v) is 6.70. The van der Waals surface area contributed by atoms with Gasteiger partial charge in [0.2, 0.25) is 0 Å². The number of carbonyl (C=O) groups is 1. The number of nitrogens with zero attached hydrogens (tertiary/aromatic N) is 3. The maximum absolute atomic E-state index is 13.7. The van der Waals surface area contributed by atoms with Gasteiger partial charge in [0.15, 0.2) is 5.89 Å². The normalized spacial score (nSPS) is 21.0. The standard InChI is InChI=1S/C26H25F4N3O3/c27-22-3-1-2-18(13-22)23-16-36-24(31-23)20-12-19(17-4-6-21(7-5-17)26(28,29)30)14-33(15-20)25(34)32-8-10-35-11-9-32/h1-7,13,16,19-20H,8-12,14-15H2. The van der Waals surface area contributed by atoms with Crippen molar-refractivity contribution in [2.45, 2.75) is 24.4 Å². The highest BCUT2D eigenvalue weighted by molar-refractivity contribution is 5.75. The summed E-state index contributed by atoms with van der Waals surface area (Å²) in [4.78, 5) is 21.3. The van der Waals surface area contributed by atoms with Crippen LogP contribution in [0, 0.1) is 5.82 Å². The minimum Gasteiger partial charge on any atom is -0.448 e. The van der Waals surface area contributed by atoms with Gasteiger partial charge in [-0.05, 0) is 36.2 Å². The average Bonchev–Trinajstić information content (AvgIpc) is 3.39. The van der Waals surface area contributed by atoms with E-state index in [1.807, 2.05) is 0 Å². The van der Waals surface area contributed by atoms with E-state index < -0.39 is 11.7 Å². The SMILES string of the molecule is O=C(N1CCOCC1)N1CC(c2ccc(C(F)(F)F)cc2)CC(c2nc(-c3cccc(F)c3)co2)C1. The number of amides is 2. The van der Waals surface area contributed by atoms with Crippen LogP contribution in [0.25, 0.3) is 11.3 Å². The van der Waals surface area contributed by atoms with Gasteiger partial charge in [0, 0.05) is 37.7 Å². The zero-order chi connectivity index (χ0) is 25.3. The molecule has 2 saturated heterocycles. The van der Waals surface area contributed by atoms with Crippen molar-refractivity contribution in [2.24, 2.45) is 0 Å². The van der Waals surface area contributed by atoms with Crippen molar-refractivity contribution in [1.82, 2.24) is 14.8 Å². The molecule has 0 saturated carbocycles. The summed E-state index contributed by atoms with van der Waals surface area (Å²) < 4.78 is 64.0. The first-order valence-electron chi connectivity index (χ1n) is 11.8. The number of hydrogen-bond acceptors (Lipinski definition) is 4. The average molecular weight is 503 g/mol. The predicted molar refractivity (Wildman–Crippen MR) is 123 cm³/mol.